The fraction of sp³-hybridized carbons (Fsp3) is 0.417. The highest BCUT2D eigenvalue weighted by Crippen LogP contribution is 2.38. The molecule has 4 N–H and O–H groups in total. The van der Waals surface area contributed by atoms with Crippen molar-refractivity contribution in [3.63, 3.8) is 0 Å². The number of aryl methyl sites for hydroxylation is 1. The van der Waals surface area contributed by atoms with E-state index in [0.29, 0.717) is 17.0 Å². The second-order valence-electron chi connectivity index (χ2n) is 4.28. The van der Waals surface area contributed by atoms with Crippen LogP contribution in [0.1, 0.15) is 40.6 Å². The Morgan fingerprint density at radius 2 is 2.16 bits per heavy atom. The maximum absolute atomic E-state index is 11.6. The first kappa shape index (κ1) is 14.0. The van der Waals surface area contributed by atoms with Crippen molar-refractivity contribution in [1.29, 1.82) is 0 Å². The Bertz CT molecular complexity index is 551. The highest BCUT2D eigenvalue weighted by molar-refractivity contribution is 7.80. The molecule has 0 fully saturated rings. The molecule has 0 aromatic carbocycles. The molecule has 102 valence electrons. The molecule has 0 unspecified atom stereocenters. The van der Waals surface area contributed by atoms with Gasteiger partial charge in [-0.1, -0.05) is 6.92 Å². The van der Waals surface area contributed by atoms with Crippen molar-refractivity contribution < 1.29 is 9.59 Å². The minimum absolute atomic E-state index is 0.165. The molecular formula is C12H15N3O2S2. The summed E-state index contributed by atoms with van der Waals surface area (Å²) >= 11 is 6.53. The summed E-state index contributed by atoms with van der Waals surface area (Å²) in [5.41, 5.74) is 6.98. The number of carbonyl (C=O) groups excluding carboxylic acids is 2. The van der Waals surface area contributed by atoms with Gasteiger partial charge in [-0.2, -0.15) is 0 Å². The van der Waals surface area contributed by atoms with Gasteiger partial charge in [0.2, 0.25) is 5.91 Å². The number of carbonyl (C=O) groups is 2. The van der Waals surface area contributed by atoms with E-state index in [4.69, 9.17) is 18.0 Å². The number of amides is 2. The number of fused-ring (bicyclic) bond motifs is 1. The van der Waals surface area contributed by atoms with Crippen LogP contribution in [0.25, 0.3) is 0 Å². The maximum Gasteiger partial charge on any atom is 0.251 e. The third-order valence-corrected chi connectivity index (χ3v) is 4.38. The third-order valence-electron chi connectivity index (χ3n) is 2.97. The van der Waals surface area contributed by atoms with Crippen molar-refractivity contribution in [3.8, 4) is 0 Å². The van der Waals surface area contributed by atoms with Gasteiger partial charge in [-0.3, -0.25) is 9.59 Å². The van der Waals surface area contributed by atoms with Crippen LogP contribution in [0.2, 0.25) is 0 Å². The molecule has 7 heteroatoms. The van der Waals surface area contributed by atoms with Crippen molar-refractivity contribution in [2.24, 2.45) is 5.73 Å². The van der Waals surface area contributed by atoms with Crippen LogP contribution in [0, 0.1) is 0 Å². The number of primary amides is 1. The van der Waals surface area contributed by atoms with E-state index in [1.165, 1.54) is 16.2 Å². The normalized spacial score (nSPS) is 12.9. The van der Waals surface area contributed by atoms with Crippen LogP contribution in [0.4, 0.5) is 5.00 Å². The minimum atomic E-state index is -0.452. The SMILES string of the molecule is CCC(=O)NC(=S)Nc1sc2c(c1C(N)=O)CCC2. The van der Waals surface area contributed by atoms with E-state index in [0.717, 1.165) is 24.8 Å². The van der Waals surface area contributed by atoms with Gasteiger partial charge in [-0.15, -0.1) is 11.3 Å². The fourth-order valence-corrected chi connectivity index (χ4v) is 3.68. The molecule has 0 atom stereocenters. The first-order chi connectivity index (χ1) is 9.02. The summed E-state index contributed by atoms with van der Waals surface area (Å²) in [6.45, 7) is 1.74. The Labute approximate surface area is 120 Å². The summed E-state index contributed by atoms with van der Waals surface area (Å²) in [7, 11) is 0. The molecule has 1 aliphatic rings. The van der Waals surface area contributed by atoms with Crippen molar-refractivity contribution in [3.05, 3.63) is 16.0 Å². The maximum atomic E-state index is 11.6. The van der Waals surface area contributed by atoms with Gasteiger partial charge in [0.15, 0.2) is 5.11 Å². The lowest BCUT2D eigenvalue weighted by Gasteiger charge is -2.08. The van der Waals surface area contributed by atoms with Gasteiger partial charge in [0.25, 0.3) is 5.91 Å². The van der Waals surface area contributed by atoms with E-state index >= 15 is 0 Å². The largest absolute Gasteiger partial charge is 0.365 e. The number of nitrogens with two attached hydrogens (primary N) is 1. The number of rotatable bonds is 3. The highest BCUT2D eigenvalue weighted by atomic mass is 32.1. The second-order valence-corrected chi connectivity index (χ2v) is 5.79. The molecular weight excluding hydrogens is 282 g/mol. The van der Waals surface area contributed by atoms with Gasteiger partial charge < -0.3 is 16.4 Å². The molecule has 0 saturated carbocycles. The van der Waals surface area contributed by atoms with Gasteiger partial charge in [-0.05, 0) is 37.0 Å². The molecule has 0 saturated heterocycles. The number of hydrogen-bond donors (Lipinski definition) is 3. The Hall–Kier alpha value is -1.47. The molecule has 1 aromatic heterocycles. The fourth-order valence-electron chi connectivity index (χ4n) is 2.10. The molecule has 5 nitrogen and oxygen atoms in total. The molecule has 0 spiro atoms. The summed E-state index contributed by atoms with van der Waals surface area (Å²) in [6, 6.07) is 0. The molecule has 0 bridgehead atoms. The summed E-state index contributed by atoms with van der Waals surface area (Å²) in [5.74, 6) is -0.617. The predicted octanol–water partition coefficient (Wildman–Crippen LogP) is 1.56. The topological polar surface area (TPSA) is 84.2 Å². The number of thiocarbonyl (C=S) groups is 1. The molecule has 2 amide bonds. The van der Waals surface area contributed by atoms with E-state index in [2.05, 4.69) is 10.6 Å². The van der Waals surface area contributed by atoms with Crippen molar-refractivity contribution in [2.45, 2.75) is 32.6 Å². The molecule has 0 radical (unpaired) electrons. The predicted molar refractivity (Wildman–Crippen MR) is 79.5 cm³/mol. The zero-order valence-corrected chi connectivity index (χ0v) is 12.2. The van der Waals surface area contributed by atoms with E-state index in [1.54, 1.807) is 6.92 Å². The molecule has 2 rings (SSSR count). The highest BCUT2D eigenvalue weighted by Gasteiger charge is 2.25. The van der Waals surface area contributed by atoms with E-state index < -0.39 is 5.91 Å². The average molecular weight is 297 g/mol. The lowest BCUT2D eigenvalue weighted by molar-refractivity contribution is -0.119. The van der Waals surface area contributed by atoms with Gasteiger partial charge in [0.1, 0.15) is 5.00 Å². The Kier molecular flexibility index (Phi) is 4.16. The van der Waals surface area contributed by atoms with Crippen molar-refractivity contribution in [2.75, 3.05) is 5.32 Å². The first-order valence-corrected chi connectivity index (χ1v) is 7.30. The van der Waals surface area contributed by atoms with E-state index in [9.17, 15) is 9.59 Å². The van der Waals surface area contributed by atoms with Crippen LogP contribution in [0.5, 0.6) is 0 Å². The number of anilines is 1. The summed E-state index contributed by atoms with van der Waals surface area (Å²) < 4.78 is 0. The van der Waals surface area contributed by atoms with Crippen molar-refractivity contribution in [1.82, 2.24) is 5.32 Å². The standard InChI is InChI=1S/C12H15N3O2S2/c1-2-8(16)14-12(18)15-11-9(10(13)17)6-4-3-5-7(6)19-11/h2-5H2,1H3,(H2,13,17)(H2,14,15,16,18). The van der Waals surface area contributed by atoms with Crippen LogP contribution in [-0.4, -0.2) is 16.9 Å². The Morgan fingerprint density at radius 1 is 1.42 bits per heavy atom. The molecule has 1 aromatic rings. The quantitative estimate of drug-likeness (QED) is 0.739. The van der Waals surface area contributed by atoms with E-state index in [1.807, 2.05) is 0 Å². The average Bonchev–Trinajstić information content (AvgIpc) is 2.87. The monoisotopic (exact) mass is 297 g/mol. The van der Waals surface area contributed by atoms with Crippen LogP contribution in [0.15, 0.2) is 0 Å². The minimum Gasteiger partial charge on any atom is -0.365 e. The van der Waals surface area contributed by atoms with Crippen LogP contribution in [-0.2, 0) is 17.6 Å². The van der Waals surface area contributed by atoms with Crippen LogP contribution < -0.4 is 16.4 Å². The summed E-state index contributed by atoms with van der Waals surface area (Å²) in [6.07, 6.45) is 3.25. The number of nitrogens with one attached hydrogen (secondary N) is 2. The second kappa shape index (κ2) is 5.66. The number of thiophene rings is 1. The lowest BCUT2D eigenvalue weighted by atomic mass is 10.1. The smallest absolute Gasteiger partial charge is 0.251 e. The lowest BCUT2D eigenvalue weighted by Crippen LogP contribution is -2.33. The van der Waals surface area contributed by atoms with Gasteiger partial charge in [0, 0.05) is 11.3 Å². The Balaban J connectivity index is 2.19. The Morgan fingerprint density at radius 3 is 2.79 bits per heavy atom. The van der Waals surface area contributed by atoms with Crippen molar-refractivity contribution >= 4 is 45.5 Å². The summed E-state index contributed by atoms with van der Waals surface area (Å²) in [5, 5.41) is 6.29. The van der Waals surface area contributed by atoms with Gasteiger partial charge >= 0.3 is 0 Å². The summed E-state index contributed by atoms with van der Waals surface area (Å²) in [4.78, 5) is 24.0. The zero-order chi connectivity index (χ0) is 14.0. The van der Waals surface area contributed by atoms with Gasteiger partial charge in [-0.25, -0.2) is 0 Å². The first-order valence-electron chi connectivity index (χ1n) is 6.08. The molecule has 19 heavy (non-hydrogen) atoms. The van der Waals surface area contributed by atoms with Crippen LogP contribution >= 0.6 is 23.6 Å². The zero-order valence-electron chi connectivity index (χ0n) is 10.5. The van der Waals surface area contributed by atoms with E-state index in [-0.39, 0.29) is 11.0 Å². The number of hydrogen-bond acceptors (Lipinski definition) is 4. The third kappa shape index (κ3) is 2.93. The van der Waals surface area contributed by atoms with Gasteiger partial charge in [0.05, 0.1) is 5.56 Å². The van der Waals surface area contributed by atoms with Crippen LogP contribution in [0.3, 0.4) is 0 Å². The molecule has 0 aliphatic heterocycles. The molecule has 1 heterocycles. The molecule has 1 aliphatic carbocycles.